The molecule has 5 nitrogen and oxygen atoms in total. The van der Waals surface area contributed by atoms with Crippen LogP contribution in [-0.2, 0) is 20.7 Å². The molecule has 0 saturated heterocycles. The van der Waals surface area contributed by atoms with E-state index in [4.69, 9.17) is 16.3 Å². The number of esters is 1. The molecule has 0 spiro atoms. The largest absolute Gasteiger partial charge is 0.457 e. The number of benzene rings is 2. The molecule has 2 aromatic rings. The Labute approximate surface area is 157 Å². The Morgan fingerprint density at radius 1 is 1.04 bits per heavy atom. The lowest BCUT2D eigenvalue weighted by atomic mass is 10.1. The molecule has 136 valence electrons. The first-order valence-electron chi connectivity index (χ1n) is 8.31. The lowest BCUT2D eigenvalue weighted by Crippen LogP contribution is -2.16. The summed E-state index contributed by atoms with van der Waals surface area (Å²) in [5.41, 5.74) is 1.68. The molecule has 0 aromatic heterocycles. The van der Waals surface area contributed by atoms with Crippen LogP contribution in [0, 0.1) is 0 Å². The highest BCUT2D eigenvalue weighted by molar-refractivity contribution is 6.31. The minimum Gasteiger partial charge on any atom is -0.457 e. The number of ether oxygens (including phenoxy) is 1. The van der Waals surface area contributed by atoms with Gasteiger partial charge in [-0.3, -0.25) is 14.4 Å². The fraction of sp³-hybridized carbons (Fsp3) is 0.250. The number of Topliss-reactive ketones (excluding diaryl/α,β-unsaturated/α-hetero) is 1. The fourth-order valence-corrected chi connectivity index (χ4v) is 2.47. The van der Waals surface area contributed by atoms with E-state index < -0.39 is 5.97 Å². The van der Waals surface area contributed by atoms with E-state index in [2.05, 4.69) is 5.32 Å². The summed E-state index contributed by atoms with van der Waals surface area (Å²) in [6.07, 6.45) is 1.22. The van der Waals surface area contributed by atoms with Gasteiger partial charge in [-0.05, 0) is 42.3 Å². The van der Waals surface area contributed by atoms with Gasteiger partial charge in [0.25, 0.3) is 0 Å². The van der Waals surface area contributed by atoms with Crippen molar-refractivity contribution in [3.63, 3.8) is 0 Å². The van der Waals surface area contributed by atoms with Gasteiger partial charge in [0.1, 0.15) is 0 Å². The summed E-state index contributed by atoms with van der Waals surface area (Å²) < 4.78 is 5.03. The van der Waals surface area contributed by atoms with E-state index in [0.29, 0.717) is 28.3 Å². The predicted octanol–water partition coefficient (Wildman–Crippen LogP) is 4.05. The number of anilines is 1. The van der Waals surface area contributed by atoms with Crippen LogP contribution in [0.15, 0.2) is 48.5 Å². The van der Waals surface area contributed by atoms with E-state index in [1.165, 1.54) is 0 Å². The summed E-state index contributed by atoms with van der Waals surface area (Å²) in [5, 5.41) is 3.23. The molecule has 1 N–H and O–H groups in total. The third-order valence-electron chi connectivity index (χ3n) is 3.62. The van der Waals surface area contributed by atoms with Crippen LogP contribution < -0.4 is 5.32 Å². The molecule has 0 atom stereocenters. The topological polar surface area (TPSA) is 72.5 Å². The number of nitrogens with one attached hydrogen (secondary N) is 1. The highest BCUT2D eigenvalue weighted by atomic mass is 35.5. The summed E-state index contributed by atoms with van der Waals surface area (Å²) in [7, 11) is 0. The Kier molecular flexibility index (Phi) is 7.36. The third-order valence-corrected chi connectivity index (χ3v) is 3.99. The van der Waals surface area contributed by atoms with E-state index >= 15 is 0 Å². The first-order valence-corrected chi connectivity index (χ1v) is 8.69. The Balaban J connectivity index is 1.84. The van der Waals surface area contributed by atoms with Gasteiger partial charge < -0.3 is 10.1 Å². The zero-order valence-electron chi connectivity index (χ0n) is 14.5. The maximum atomic E-state index is 12.1. The second kappa shape index (κ2) is 9.73. The number of carbonyl (C=O) groups excluding carboxylic acids is 3. The van der Waals surface area contributed by atoms with Crippen LogP contribution >= 0.6 is 11.6 Å². The predicted molar refractivity (Wildman–Crippen MR) is 100 cm³/mol. The maximum Gasteiger partial charge on any atom is 0.310 e. The van der Waals surface area contributed by atoms with Gasteiger partial charge in [-0.2, -0.15) is 0 Å². The second-order valence-corrected chi connectivity index (χ2v) is 6.13. The van der Waals surface area contributed by atoms with Crippen molar-refractivity contribution >= 4 is 34.9 Å². The standard InChI is InChI=1S/C20H20ClNO4/c1-2-5-19(24)22-16-10-8-14(9-11-16)18(23)13-26-20(25)12-15-6-3-4-7-17(15)21/h3-4,6-11H,2,5,12-13H2,1H3,(H,22,24). The molecule has 0 bridgehead atoms. The summed E-state index contributed by atoms with van der Waals surface area (Å²) in [6.45, 7) is 1.58. The van der Waals surface area contributed by atoms with Crippen molar-refractivity contribution in [1.82, 2.24) is 0 Å². The molecule has 1 amide bonds. The molecule has 0 heterocycles. The Morgan fingerprint density at radius 2 is 1.73 bits per heavy atom. The number of hydrogen-bond acceptors (Lipinski definition) is 4. The third kappa shape index (κ3) is 6.01. The average molecular weight is 374 g/mol. The number of halogens is 1. The van der Waals surface area contributed by atoms with Crippen molar-refractivity contribution in [3.05, 3.63) is 64.7 Å². The number of carbonyl (C=O) groups is 3. The number of hydrogen-bond donors (Lipinski definition) is 1. The van der Waals surface area contributed by atoms with E-state index in [1.54, 1.807) is 48.5 Å². The molecule has 6 heteroatoms. The molecular formula is C20H20ClNO4. The van der Waals surface area contributed by atoms with Gasteiger partial charge in [0, 0.05) is 22.7 Å². The zero-order chi connectivity index (χ0) is 18.9. The Bertz CT molecular complexity index is 787. The molecule has 0 unspecified atom stereocenters. The smallest absolute Gasteiger partial charge is 0.310 e. The average Bonchev–Trinajstić information content (AvgIpc) is 2.62. The normalized spacial score (nSPS) is 10.2. The highest BCUT2D eigenvalue weighted by Gasteiger charge is 2.12. The van der Waals surface area contributed by atoms with Crippen LogP contribution in [0.25, 0.3) is 0 Å². The van der Waals surface area contributed by atoms with Gasteiger partial charge in [-0.15, -0.1) is 0 Å². The van der Waals surface area contributed by atoms with Crippen LogP contribution in [0.4, 0.5) is 5.69 Å². The number of amides is 1. The molecule has 0 aliphatic carbocycles. The fourth-order valence-electron chi connectivity index (χ4n) is 2.27. The van der Waals surface area contributed by atoms with E-state index in [1.807, 2.05) is 6.92 Å². The van der Waals surface area contributed by atoms with Crippen molar-refractivity contribution in [2.75, 3.05) is 11.9 Å². The summed E-state index contributed by atoms with van der Waals surface area (Å²) in [4.78, 5) is 35.5. The minimum absolute atomic E-state index is 0.00928. The highest BCUT2D eigenvalue weighted by Crippen LogP contribution is 2.16. The van der Waals surface area contributed by atoms with Crippen LogP contribution in [0.3, 0.4) is 0 Å². The van der Waals surface area contributed by atoms with Crippen LogP contribution in [-0.4, -0.2) is 24.3 Å². The van der Waals surface area contributed by atoms with Crippen molar-refractivity contribution < 1.29 is 19.1 Å². The molecule has 0 aliphatic heterocycles. The van der Waals surface area contributed by atoms with Crippen molar-refractivity contribution in [3.8, 4) is 0 Å². The summed E-state index contributed by atoms with van der Waals surface area (Å²) in [5.74, 6) is -0.904. The zero-order valence-corrected chi connectivity index (χ0v) is 15.2. The maximum absolute atomic E-state index is 12.1. The van der Waals surface area contributed by atoms with Crippen LogP contribution in [0.1, 0.15) is 35.7 Å². The Hall–Kier alpha value is -2.66. The summed E-state index contributed by atoms with van der Waals surface area (Å²) in [6, 6.07) is 13.4. The lowest BCUT2D eigenvalue weighted by Gasteiger charge is -2.07. The van der Waals surface area contributed by atoms with Crippen LogP contribution in [0.2, 0.25) is 5.02 Å². The van der Waals surface area contributed by atoms with Crippen molar-refractivity contribution in [2.45, 2.75) is 26.2 Å². The molecule has 0 aliphatic rings. The quantitative estimate of drug-likeness (QED) is 0.559. The van der Waals surface area contributed by atoms with Gasteiger partial charge in [-0.1, -0.05) is 36.7 Å². The molecular weight excluding hydrogens is 354 g/mol. The number of rotatable bonds is 8. The van der Waals surface area contributed by atoms with Gasteiger partial charge in [0.05, 0.1) is 6.42 Å². The molecule has 0 fully saturated rings. The SMILES string of the molecule is CCCC(=O)Nc1ccc(C(=O)COC(=O)Cc2ccccc2Cl)cc1. The van der Waals surface area contributed by atoms with Crippen molar-refractivity contribution in [2.24, 2.45) is 0 Å². The van der Waals surface area contributed by atoms with Gasteiger partial charge in [0.15, 0.2) is 12.4 Å². The van der Waals surface area contributed by atoms with E-state index in [-0.39, 0.29) is 24.7 Å². The second-order valence-electron chi connectivity index (χ2n) is 5.73. The summed E-state index contributed by atoms with van der Waals surface area (Å²) >= 11 is 5.99. The lowest BCUT2D eigenvalue weighted by molar-refractivity contribution is -0.141. The van der Waals surface area contributed by atoms with Crippen molar-refractivity contribution in [1.29, 1.82) is 0 Å². The number of ketones is 1. The van der Waals surface area contributed by atoms with Gasteiger partial charge in [-0.25, -0.2) is 0 Å². The van der Waals surface area contributed by atoms with E-state index in [9.17, 15) is 14.4 Å². The molecule has 2 aromatic carbocycles. The van der Waals surface area contributed by atoms with E-state index in [0.717, 1.165) is 6.42 Å². The first kappa shape index (κ1) is 19.7. The van der Waals surface area contributed by atoms with Gasteiger partial charge >= 0.3 is 5.97 Å². The monoisotopic (exact) mass is 373 g/mol. The molecule has 0 radical (unpaired) electrons. The minimum atomic E-state index is -0.519. The first-order chi connectivity index (χ1) is 12.5. The van der Waals surface area contributed by atoms with Crippen LogP contribution in [0.5, 0.6) is 0 Å². The van der Waals surface area contributed by atoms with Gasteiger partial charge in [0.2, 0.25) is 5.91 Å². The Morgan fingerprint density at radius 3 is 2.38 bits per heavy atom. The molecule has 26 heavy (non-hydrogen) atoms. The molecule has 2 rings (SSSR count). The molecule has 0 saturated carbocycles.